The first-order chi connectivity index (χ1) is 15.0. The zero-order valence-corrected chi connectivity index (χ0v) is 19.1. The van der Waals surface area contributed by atoms with Crippen LogP contribution in [0.2, 0.25) is 0 Å². The summed E-state index contributed by atoms with van der Waals surface area (Å²) in [5.41, 5.74) is 1.31. The van der Waals surface area contributed by atoms with E-state index in [1.165, 1.54) is 28.5 Å². The smallest absolute Gasteiger partial charge is 0.407 e. The van der Waals surface area contributed by atoms with E-state index in [1.54, 1.807) is 39.0 Å². The summed E-state index contributed by atoms with van der Waals surface area (Å²) in [6.45, 7) is 7.39. The van der Waals surface area contributed by atoms with E-state index in [1.807, 2.05) is 6.92 Å². The molecule has 9 heteroatoms. The SMILES string of the molecule is Cc1cc2c(=O)[nH]c(=O)n3c2c(c1-c1ccc(F)cc1)SC[C@@H](NC(=O)OC(C)(C)C)C3. The van der Waals surface area contributed by atoms with Crippen molar-refractivity contribution >= 4 is 28.8 Å². The Kier molecular flexibility index (Phi) is 5.62. The molecule has 0 fully saturated rings. The van der Waals surface area contributed by atoms with E-state index in [-0.39, 0.29) is 12.4 Å². The molecule has 168 valence electrons. The molecule has 0 radical (unpaired) electrons. The van der Waals surface area contributed by atoms with Gasteiger partial charge < -0.3 is 10.1 Å². The third-order valence-electron chi connectivity index (χ3n) is 5.12. The molecule has 1 atom stereocenters. The summed E-state index contributed by atoms with van der Waals surface area (Å²) in [4.78, 5) is 40.8. The first-order valence-corrected chi connectivity index (χ1v) is 11.2. The number of hydrogen-bond acceptors (Lipinski definition) is 5. The van der Waals surface area contributed by atoms with E-state index in [0.29, 0.717) is 16.7 Å². The van der Waals surface area contributed by atoms with Crippen LogP contribution in [0.3, 0.4) is 0 Å². The molecule has 3 aromatic rings. The summed E-state index contributed by atoms with van der Waals surface area (Å²) in [7, 11) is 0. The van der Waals surface area contributed by atoms with Crippen LogP contribution in [0.4, 0.5) is 9.18 Å². The fourth-order valence-corrected chi connectivity index (χ4v) is 5.20. The van der Waals surface area contributed by atoms with Gasteiger partial charge in [-0.15, -0.1) is 11.8 Å². The van der Waals surface area contributed by atoms with Crippen LogP contribution in [0.15, 0.2) is 44.8 Å². The number of carbonyl (C=O) groups is 1. The first kappa shape index (κ1) is 22.1. The van der Waals surface area contributed by atoms with Crippen molar-refractivity contribution in [3.05, 3.63) is 62.6 Å². The fourth-order valence-electron chi connectivity index (χ4n) is 3.86. The highest BCUT2D eigenvalue weighted by molar-refractivity contribution is 7.99. The van der Waals surface area contributed by atoms with Crippen LogP contribution in [-0.2, 0) is 11.3 Å². The molecule has 1 amide bonds. The van der Waals surface area contributed by atoms with Gasteiger partial charge in [-0.2, -0.15) is 0 Å². The molecule has 2 N–H and O–H groups in total. The Balaban J connectivity index is 1.86. The normalized spacial score (nSPS) is 16.0. The Hall–Kier alpha value is -3.07. The number of halogens is 1. The van der Waals surface area contributed by atoms with Crippen LogP contribution < -0.4 is 16.6 Å². The second-order valence-electron chi connectivity index (χ2n) is 8.82. The molecule has 2 aromatic carbocycles. The standard InChI is InChI=1S/C23H24FN3O4S/c1-12-9-16-18-19(17(12)13-5-7-14(24)8-6-13)32-11-15(25-22(30)31-23(2,3)4)10-27(18)21(29)26-20(16)28/h5-9,15H,10-11H2,1-4H3,(H,25,30)(H,26,28,29)/t15-/m0/s1. The Morgan fingerprint density at radius 1 is 1.25 bits per heavy atom. The number of H-pyrrole nitrogens is 1. The van der Waals surface area contributed by atoms with E-state index in [2.05, 4.69) is 10.3 Å². The molecule has 1 aliphatic rings. The fraction of sp³-hybridized carbons (Fsp3) is 0.348. The van der Waals surface area contributed by atoms with Crippen LogP contribution in [0.25, 0.3) is 22.0 Å². The Labute approximate surface area is 188 Å². The van der Waals surface area contributed by atoms with Gasteiger partial charge in [0.25, 0.3) is 5.56 Å². The quantitative estimate of drug-likeness (QED) is 0.611. The number of thioether (sulfide) groups is 1. The van der Waals surface area contributed by atoms with Crippen LogP contribution in [0.1, 0.15) is 26.3 Å². The third kappa shape index (κ3) is 4.29. The van der Waals surface area contributed by atoms with Crippen LogP contribution >= 0.6 is 11.8 Å². The summed E-state index contributed by atoms with van der Waals surface area (Å²) in [6.07, 6.45) is -0.572. The van der Waals surface area contributed by atoms with E-state index in [9.17, 15) is 18.8 Å². The summed E-state index contributed by atoms with van der Waals surface area (Å²) in [6, 6.07) is 7.45. The molecule has 0 bridgehead atoms. The zero-order chi connectivity index (χ0) is 23.2. The number of rotatable bonds is 2. The van der Waals surface area contributed by atoms with Gasteiger partial charge in [0.1, 0.15) is 11.4 Å². The second kappa shape index (κ2) is 8.12. The van der Waals surface area contributed by atoms with Gasteiger partial charge >= 0.3 is 11.8 Å². The maximum atomic E-state index is 13.5. The number of alkyl carbamates (subject to hydrolysis) is 1. The summed E-state index contributed by atoms with van der Waals surface area (Å²) < 4.78 is 20.4. The Morgan fingerprint density at radius 3 is 2.59 bits per heavy atom. The molecule has 0 saturated carbocycles. The molecule has 2 heterocycles. The molecule has 0 unspecified atom stereocenters. The number of hydrogen-bond donors (Lipinski definition) is 2. The number of aryl methyl sites for hydroxylation is 1. The summed E-state index contributed by atoms with van der Waals surface area (Å²) in [5.74, 6) is 0.113. The van der Waals surface area contributed by atoms with Crippen molar-refractivity contribution in [1.29, 1.82) is 0 Å². The second-order valence-corrected chi connectivity index (χ2v) is 9.85. The maximum absolute atomic E-state index is 13.5. The molecule has 1 aromatic heterocycles. The van der Waals surface area contributed by atoms with Gasteiger partial charge in [-0.3, -0.25) is 14.3 Å². The number of aromatic nitrogens is 2. The lowest BCUT2D eigenvalue weighted by Crippen LogP contribution is -2.44. The molecule has 7 nitrogen and oxygen atoms in total. The predicted octanol–water partition coefficient (Wildman–Crippen LogP) is 3.80. The molecule has 0 spiro atoms. The molecule has 1 aliphatic heterocycles. The minimum Gasteiger partial charge on any atom is -0.444 e. The lowest BCUT2D eigenvalue weighted by molar-refractivity contribution is 0.0505. The largest absolute Gasteiger partial charge is 0.444 e. The number of nitrogens with zero attached hydrogens (tertiary/aromatic N) is 1. The van der Waals surface area contributed by atoms with Gasteiger partial charge in [0.05, 0.1) is 16.9 Å². The maximum Gasteiger partial charge on any atom is 0.407 e. The molecule has 0 aliphatic carbocycles. The van der Waals surface area contributed by atoms with Crippen molar-refractivity contribution in [1.82, 2.24) is 14.9 Å². The van der Waals surface area contributed by atoms with Crippen molar-refractivity contribution in [2.45, 2.75) is 50.8 Å². The van der Waals surface area contributed by atoms with Gasteiger partial charge in [0.15, 0.2) is 0 Å². The van der Waals surface area contributed by atoms with E-state index in [0.717, 1.165) is 21.6 Å². The van der Waals surface area contributed by atoms with Crippen molar-refractivity contribution < 1.29 is 13.9 Å². The van der Waals surface area contributed by atoms with Crippen molar-refractivity contribution in [2.75, 3.05) is 5.75 Å². The highest BCUT2D eigenvalue weighted by atomic mass is 32.2. The van der Waals surface area contributed by atoms with E-state index >= 15 is 0 Å². The number of aromatic amines is 1. The molecule has 0 saturated heterocycles. The number of ether oxygens (including phenoxy) is 1. The Bertz CT molecular complexity index is 1320. The zero-order valence-electron chi connectivity index (χ0n) is 18.2. The van der Waals surface area contributed by atoms with Crippen molar-refractivity contribution in [3.8, 4) is 11.1 Å². The molecule has 4 rings (SSSR count). The lowest BCUT2D eigenvalue weighted by atomic mass is 9.98. The number of amides is 1. The van der Waals surface area contributed by atoms with Gasteiger partial charge in [-0.05, 0) is 57.0 Å². The van der Waals surface area contributed by atoms with Crippen molar-refractivity contribution in [3.63, 3.8) is 0 Å². The third-order valence-corrected chi connectivity index (χ3v) is 6.37. The van der Waals surface area contributed by atoms with Crippen LogP contribution in [0, 0.1) is 12.7 Å². The van der Waals surface area contributed by atoms with E-state index < -0.39 is 29.0 Å². The number of benzene rings is 2. The predicted molar refractivity (Wildman–Crippen MR) is 123 cm³/mol. The van der Waals surface area contributed by atoms with Gasteiger partial charge in [-0.25, -0.2) is 14.0 Å². The number of carbonyl (C=O) groups excluding carboxylic acids is 1. The topological polar surface area (TPSA) is 93.2 Å². The highest BCUT2D eigenvalue weighted by Crippen LogP contribution is 2.40. The highest BCUT2D eigenvalue weighted by Gasteiger charge is 2.27. The van der Waals surface area contributed by atoms with Crippen LogP contribution in [-0.4, -0.2) is 33.0 Å². The van der Waals surface area contributed by atoms with Gasteiger partial charge in [0.2, 0.25) is 0 Å². The Morgan fingerprint density at radius 2 is 1.94 bits per heavy atom. The van der Waals surface area contributed by atoms with E-state index in [4.69, 9.17) is 4.74 Å². The first-order valence-electron chi connectivity index (χ1n) is 10.2. The number of nitrogens with one attached hydrogen (secondary N) is 2. The van der Waals surface area contributed by atoms with Gasteiger partial charge in [-0.1, -0.05) is 12.1 Å². The molecule has 32 heavy (non-hydrogen) atoms. The van der Waals surface area contributed by atoms with Crippen molar-refractivity contribution in [2.24, 2.45) is 0 Å². The minimum absolute atomic E-state index is 0.178. The van der Waals surface area contributed by atoms with Crippen LogP contribution in [0.5, 0.6) is 0 Å². The minimum atomic E-state index is -0.653. The summed E-state index contributed by atoms with van der Waals surface area (Å²) >= 11 is 1.45. The molecular weight excluding hydrogens is 433 g/mol. The summed E-state index contributed by atoms with van der Waals surface area (Å²) in [5, 5.41) is 3.23. The lowest BCUT2D eigenvalue weighted by Gasteiger charge is -2.23. The average molecular weight is 458 g/mol. The average Bonchev–Trinajstić information content (AvgIpc) is 2.86. The van der Waals surface area contributed by atoms with Gasteiger partial charge in [0, 0.05) is 22.8 Å². The molecular formula is C23H24FN3O4S. The monoisotopic (exact) mass is 457 g/mol.